The highest BCUT2D eigenvalue weighted by Crippen LogP contribution is 2.41. The Bertz CT molecular complexity index is 471. The van der Waals surface area contributed by atoms with Gasteiger partial charge in [0, 0.05) is 12.1 Å². The predicted molar refractivity (Wildman–Crippen MR) is 66.7 cm³/mol. The average molecular weight is 297 g/mol. The second kappa shape index (κ2) is 4.92. The van der Waals surface area contributed by atoms with Crippen molar-refractivity contribution in [1.29, 1.82) is 0 Å². The molecule has 0 aliphatic heterocycles. The van der Waals surface area contributed by atoms with Gasteiger partial charge in [-0.1, -0.05) is 38.4 Å². The second-order valence-corrected chi connectivity index (χ2v) is 5.71. The molecule has 1 atom stereocenters. The maximum Gasteiger partial charge on any atom is 0.433 e. The summed E-state index contributed by atoms with van der Waals surface area (Å²) in [5.41, 5.74) is 2.30. The first kappa shape index (κ1) is 16.2. The van der Waals surface area contributed by atoms with Crippen LogP contribution in [0.1, 0.15) is 32.0 Å². The Kier molecular flexibility index (Phi) is 4.20. The zero-order chi connectivity index (χ0) is 15.1. The summed E-state index contributed by atoms with van der Waals surface area (Å²) in [4.78, 5) is 3.30. The Morgan fingerprint density at radius 1 is 1.26 bits per heavy atom. The fourth-order valence-corrected chi connectivity index (χ4v) is 2.03. The van der Waals surface area contributed by atoms with Gasteiger partial charge in [0.1, 0.15) is 16.4 Å². The molecular weight excluding hydrogens is 281 g/mol. The normalized spacial score (nSPS) is 16.3. The molecule has 7 heteroatoms. The van der Waals surface area contributed by atoms with Crippen LogP contribution in [0.2, 0.25) is 5.15 Å². The molecule has 1 unspecified atom stereocenters. The monoisotopic (exact) mass is 296 g/mol. The average Bonchev–Trinajstić information content (AvgIpc) is 2.25. The van der Waals surface area contributed by atoms with Gasteiger partial charge in [0.25, 0.3) is 0 Å². The Labute approximate surface area is 114 Å². The van der Waals surface area contributed by atoms with E-state index in [1.54, 1.807) is 20.8 Å². The first-order valence-electron chi connectivity index (χ1n) is 5.60. The third-order valence-corrected chi connectivity index (χ3v) is 3.41. The Morgan fingerprint density at radius 3 is 2.11 bits per heavy atom. The van der Waals surface area contributed by atoms with Crippen molar-refractivity contribution in [1.82, 2.24) is 4.98 Å². The molecule has 3 N–H and O–H groups in total. The summed E-state index contributed by atoms with van der Waals surface area (Å²) >= 11 is 5.78. The van der Waals surface area contributed by atoms with Crippen LogP contribution in [0.5, 0.6) is 0 Å². The summed E-state index contributed by atoms with van der Waals surface area (Å²) in [6, 6.07) is 1.91. The van der Waals surface area contributed by atoms with E-state index in [-0.39, 0.29) is 12.1 Å². The fraction of sp³-hybridized carbons (Fsp3) is 0.583. The topological polar surface area (TPSA) is 59.1 Å². The summed E-state index contributed by atoms with van der Waals surface area (Å²) < 4.78 is 37.5. The van der Waals surface area contributed by atoms with E-state index in [0.29, 0.717) is 0 Å². The van der Waals surface area contributed by atoms with Gasteiger partial charge in [0.05, 0.1) is 0 Å². The van der Waals surface area contributed by atoms with Crippen LogP contribution < -0.4 is 5.73 Å². The summed E-state index contributed by atoms with van der Waals surface area (Å²) in [5, 5.41) is 10.2. The number of aromatic nitrogens is 1. The third kappa shape index (κ3) is 3.01. The van der Waals surface area contributed by atoms with Crippen LogP contribution in [-0.2, 0) is 11.8 Å². The molecule has 0 aliphatic rings. The lowest BCUT2D eigenvalue weighted by molar-refractivity contribution is -0.141. The lowest BCUT2D eigenvalue weighted by Crippen LogP contribution is -2.46. The minimum atomic E-state index is -4.58. The molecule has 0 bridgehead atoms. The minimum Gasteiger partial charge on any atom is -0.383 e. The molecule has 3 nitrogen and oxygen atoms in total. The summed E-state index contributed by atoms with van der Waals surface area (Å²) in [6.07, 6.45) is -4.58. The van der Waals surface area contributed by atoms with Crippen molar-refractivity contribution in [2.75, 3.05) is 6.54 Å². The maximum atomic E-state index is 12.5. The fourth-order valence-electron chi connectivity index (χ4n) is 1.72. The van der Waals surface area contributed by atoms with Gasteiger partial charge in [-0.15, -0.1) is 0 Å². The quantitative estimate of drug-likeness (QED) is 0.825. The smallest absolute Gasteiger partial charge is 0.383 e. The molecule has 0 spiro atoms. The van der Waals surface area contributed by atoms with Crippen molar-refractivity contribution >= 4 is 11.6 Å². The highest BCUT2D eigenvalue weighted by molar-refractivity contribution is 6.30. The van der Waals surface area contributed by atoms with Crippen LogP contribution in [0.3, 0.4) is 0 Å². The molecule has 1 rings (SSSR count). The Balaban J connectivity index is 3.37. The summed E-state index contributed by atoms with van der Waals surface area (Å²) in [6.45, 7) is 4.97. The van der Waals surface area contributed by atoms with Gasteiger partial charge in [0.15, 0.2) is 0 Å². The number of hydrogen-bond donors (Lipinski definition) is 2. The number of nitrogens with two attached hydrogens (primary N) is 1. The van der Waals surface area contributed by atoms with Crippen LogP contribution in [0.25, 0.3) is 0 Å². The van der Waals surface area contributed by atoms with E-state index < -0.39 is 28.0 Å². The predicted octanol–water partition coefficient (Wildman–Crippen LogP) is 2.95. The van der Waals surface area contributed by atoms with Crippen molar-refractivity contribution in [2.45, 2.75) is 32.5 Å². The number of hydrogen-bond acceptors (Lipinski definition) is 3. The second-order valence-electron chi connectivity index (χ2n) is 5.35. The van der Waals surface area contributed by atoms with Gasteiger partial charge in [-0.25, -0.2) is 4.98 Å². The first-order chi connectivity index (χ1) is 8.43. The van der Waals surface area contributed by atoms with Crippen molar-refractivity contribution in [3.05, 3.63) is 28.5 Å². The van der Waals surface area contributed by atoms with Crippen LogP contribution in [0.4, 0.5) is 13.2 Å². The largest absolute Gasteiger partial charge is 0.433 e. The molecule has 0 aromatic carbocycles. The van der Waals surface area contributed by atoms with E-state index >= 15 is 0 Å². The molecule has 0 fully saturated rings. The van der Waals surface area contributed by atoms with E-state index in [1.807, 2.05) is 0 Å². The number of aliphatic hydroxyl groups is 1. The van der Waals surface area contributed by atoms with Crippen LogP contribution in [-0.4, -0.2) is 16.6 Å². The number of rotatable bonds is 2. The van der Waals surface area contributed by atoms with E-state index in [4.69, 9.17) is 17.3 Å². The maximum absolute atomic E-state index is 12.5. The van der Waals surface area contributed by atoms with Crippen molar-refractivity contribution in [3.8, 4) is 0 Å². The standard InChI is InChI=1S/C12H16ClF3N2O/c1-10(2,3)11(19,6-17)7-4-5-8(12(14,15)16)18-9(7)13/h4-5,19H,6,17H2,1-3H3. The molecule has 0 aliphatic carbocycles. The molecule has 108 valence electrons. The van der Waals surface area contributed by atoms with Gasteiger partial charge in [-0.2, -0.15) is 13.2 Å². The lowest BCUT2D eigenvalue weighted by Gasteiger charge is -2.40. The van der Waals surface area contributed by atoms with Crippen molar-refractivity contribution in [3.63, 3.8) is 0 Å². The van der Waals surface area contributed by atoms with Gasteiger partial charge in [-0.05, 0) is 11.5 Å². The molecule has 1 aromatic heterocycles. The number of alkyl halides is 3. The molecular formula is C12H16ClF3N2O. The van der Waals surface area contributed by atoms with Crippen molar-refractivity contribution in [2.24, 2.45) is 11.1 Å². The van der Waals surface area contributed by atoms with Crippen LogP contribution >= 0.6 is 11.6 Å². The van der Waals surface area contributed by atoms with E-state index in [1.165, 1.54) is 0 Å². The zero-order valence-corrected chi connectivity index (χ0v) is 11.6. The molecule has 0 radical (unpaired) electrons. The number of halogens is 4. The van der Waals surface area contributed by atoms with Gasteiger partial charge in [0.2, 0.25) is 0 Å². The first-order valence-corrected chi connectivity index (χ1v) is 5.98. The molecule has 1 heterocycles. The van der Waals surface area contributed by atoms with Gasteiger partial charge < -0.3 is 10.8 Å². The van der Waals surface area contributed by atoms with E-state index in [0.717, 1.165) is 12.1 Å². The SMILES string of the molecule is CC(C)(C)C(O)(CN)c1ccc(C(F)(F)F)nc1Cl. The Morgan fingerprint density at radius 2 is 1.79 bits per heavy atom. The van der Waals surface area contributed by atoms with Crippen LogP contribution in [0.15, 0.2) is 12.1 Å². The van der Waals surface area contributed by atoms with Gasteiger partial charge in [-0.3, -0.25) is 0 Å². The summed E-state index contributed by atoms with van der Waals surface area (Å²) in [7, 11) is 0. The molecule has 19 heavy (non-hydrogen) atoms. The summed E-state index contributed by atoms with van der Waals surface area (Å²) in [5.74, 6) is 0. The number of nitrogens with zero attached hydrogens (tertiary/aromatic N) is 1. The minimum absolute atomic E-state index is 0.0946. The van der Waals surface area contributed by atoms with E-state index in [2.05, 4.69) is 4.98 Å². The van der Waals surface area contributed by atoms with Crippen LogP contribution in [0, 0.1) is 5.41 Å². The van der Waals surface area contributed by atoms with E-state index in [9.17, 15) is 18.3 Å². The molecule has 0 saturated heterocycles. The molecule has 0 amide bonds. The zero-order valence-electron chi connectivity index (χ0n) is 10.8. The Hall–Kier alpha value is -0.850. The highest BCUT2D eigenvalue weighted by atomic mass is 35.5. The third-order valence-electron chi connectivity index (χ3n) is 3.12. The highest BCUT2D eigenvalue weighted by Gasteiger charge is 2.43. The number of pyridine rings is 1. The van der Waals surface area contributed by atoms with Crippen molar-refractivity contribution < 1.29 is 18.3 Å². The molecule has 0 saturated carbocycles. The lowest BCUT2D eigenvalue weighted by atomic mass is 9.72. The molecule has 1 aromatic rings. The van der Waals surface area contributed by atoms with Gasteiger partial charge >= 0.3 is 6.18 Å².